The second-order valence-corrected chi connectivity index (χ2v) is 23.6. The molecule has 23 heteroatoms. The number of rotatable bonds is 30. The van der Waals surface area contributed by atoms with Crippen molar-refractivity contribution in [1.82, 2.24) is 35.0 Å². The molecule has 1 saturated carbocycles. The summed E-state index contributed by atoms with van der Waals surface area (Å²) in [6, 6.07) is 16.9. The normalized spacial score (nSPS) is 16.4. The van der Waals surface area contributed by atoms with Crippen LogP contribution in [0.4, 0.5) is 20.5 Å². The Labute approximate surface area is 516 Å². The third-order valence-electron chi connectivity index (χ3n) is 16.7. The number of carbonyl (C=O) groups is 4. The van der Waals surface area contributed by atoms with Crippen LogP contribution in [0, 0.1) is 23.5 Å². The third kappa shape index (κ3) is 16.4. The molecule has 4 aromatic carbocycles. The quantitative estimate of drug-likeness (QED) is 0.0358. The first kappa shape index (κ1) is 64.8. The standard InChI is InChI=1S/C64H80ClF2N9O10S/c1-41(68-3)54(79)39-47(43-12-6-5-7-13-43)63(81)76-23-11-17-52(76)62-70-51(40-87-62)45-19-20-55(46-15-9-8-14-44(45)46)86-37-36-85-35-34-84-33-32-83-31-30-82-29-28-73(4)56(80)21-22-69-64-71-60-48(61(72-64)75-26-24-74(25-27-75)42(2)77)38-49(65)57(59(60)67)58-50(66)16-10-18-53(58)78/h8-10,14-16,18-20,38,40-41,43,47,52,68,78H,5-7,11-13,17,21-37,39H2,1-4H3,(H,69,71,72)/t41-,47-,52-/m0/s1. The number of fused-ring (bicyclic) bond motifs is 2. The van der Waals surface area contributed by atoms with Crippen LogP contribution in [0.1, 0.15) is 82.7 Å². The van der Waals surface area contributed by atoms with Crippen LogP contribution in [0.3, 0.4) is 0 Å². The molecule has 3 amide bonds. The summed E-state index contributed by atoms with van der Waals surface area (Å²) >= 11 is 8.18. The largest absolute Gasteiger partial charge is 0.507 e. The molecule has 0 bridgehead atoms. The summed E-state index contributed by atoms with van der Waals surface area (Å²) in [5.41, 5.74) is 0.958. The summed E-state index contributed by atoms with van der Waals surface area (Å²) in [6.07, 6.45) is 7.51. The van der Waals surface area contributed by atoms with Crippen molar-refractivity contribution in [2.45, 2.75) is 83.7 Å². The fraction of sp³-hybridized carbons (Fsp3) is 0.516. The van der Waals surface area contributed by atoms with Crippen molar-refractivity contribution in [2.24, 2.45) is 11.8 Å². The fourth-order valence-electron chi connectivity index (χ4n) is 11.7. The van der Waals surface area contributed by atoms with Gasteiger partial charge in [-0.05, 0) is 81.3 Å². The highest BCUT2D eigenvalue weighted by atomic mass is 35.5. The number of ketones is 1. The van der Waals surface area contributed by atoms with E-state index in [0.717, 1.165) is 77.4 Å². The molecule has 19 nitrogen and oxygen atoms in total. The molecule has 0 spiro atoms. The van der Waals surface area contributed by atoms with Crippen LogP contribution in [0.5, 0.6) is 11.5 Å². The van der Waals surface area contributed by atoms with Crippen LogP contribution < -0.4 is 20.3 Å². The minimum atomic E-state index is -0.950. The number of thiazole rings is 1. The lowest BCUT2D eigenvalue weighted by Crippen LogP contribution is -2.48. The van der Waals surface area contributed by atoms with E-state index in [4.69, 9.17) is 45.3 Å². The van der Waals surface area contributed by atoms with Gasteiger partial charge in [0.05, 0.1) is 81.2 Å². The molecule has 4 heterocycles. The van der Waals surface area contributed by atoms with E-state index in [-0.39, 0.29) is 101 Å². The number of aromatic hydroxyl groups is 1. The minimum absolute atomic E-state index is 0.0291. The van der Waals surface area contributed by atoms with E-state index in [9.17, 15) is 24.3 Å². The summed E-state index contributed by atoms with van der Waals surface area (Å²) in [4.78, 5) is 74.2. The van der Waals surface area contributed by atoms with Crippen LogP contribution in [0.25, 0.3) is 44.1 Å². The lowest BCUT2D eigenvalue weighted by molar-refractivity contribution is -0.141. The zero-order chi connectivity index (χ0) is 61.4. The van der Waals surface area contributed by atoms with E-state index in [2.05, 4.69) is 27.1 Å². The summed E-state index contributed by atoms with van der Waals surface area (Å²) < 4.78 is 60.6. The molecule has 0 unspecified atom stereocenters. The summed E-state index contributed by atoms with van der Waals surface area (Å²) in [7, 11) is 3.46. The van der Waals surface area contributed by atoms with Gasteiger partial charge in [0.2, 0.25) is 23.7 Å². The van der Waals surface area contributed by atoms with Gasteiger partial charge in [-0.25, -0.2) is 18.7 Å². The summed E-state index contributed by atoms with van der Waals surface area (Å²) in [5.74, 6) is -1.27. The van der Waals surface area contributed by atoms with Crippen molar-refractivity contribution in [1.29, 1.82) is 0 Å². The lowest BCUT2D eigenvalue weighted by atomic mass is 9.76. The number of aromatic nitrogens is 3. The number of nitrogens with zero attached hydrogens (tertiary/aromatic N) is 7. The first-order chi connectivity index (χ1) is 42.2. The minimum Gasteiger partial charge on any atom is -0.507 e. The number of halogens is 3. The SMILES string of the molecule is CN[C@@H](C)C(=O)C[C@H](C(=O)N1CCC[C@H]1c1nc(-c2ccc(OCCOCCOCCOCCOCCN(C)C(=O)CCNc3nc(N4CCN(C(C)=O)CC4)c4cc(Cl)c(-c5c(O)cccc5F)c(F)c4n3)c3ccccc23)cs1)C1CCCCC1. The van der Waals surface area contributed by atoms with Gasteiger partial charge < -0.3 is 59.0 Å². The molecule has 0 radical (unpaired) electrons. The number of Topliss-reactive ketones (excluding diaryl/α,β-unsaturated/α-hetero) is 1. The Balaban J connectivity index is 0.649. The second-order valence-electron chi connectivity index (χ2n) is 22.3. The van der Waals surface area contributed by atoms with Gasteiger partial charge >= 0.3 is 0 Å². The highest BCUT2D eigenvalue weighted by Crippen LogP contribution is 2.44. The molecule has 9 rings (SSSR count). The van der Waals surface area contributed by atoms with Crippen molar-refractivity contribution in [3.05, 3.63) is 87.7 Å². The predicted molar refractivity (Wildman–Crippen MR) is 333 cm³/mol. The van der Waals surface area contributed by atoms with Crippen LogP contribution in [-0.4, -0.2) is 184 Å². The zero-order valence-electron chi connectivity index (χ0n) is 50.1. The molecular formula is C64H80ClF2N9O10S. The van der Waals surface area contributed by atoms with Crippen molar-refractivity contribution >= 4 is 79.9 Å². The van der Waals surface area contributed by atoms with Gasteiger partial charge in [0, 0.05) is 106 Å². The van der Waals surface area contributed by atoms with Crippen molar-refractivity contribution < 1.29 is 56.7 Å². The zero-order valence-corrected chi connectivity index (χ0v) is 51.7. The molecule has 3 N–H and O–H groups in total. The molecule has 6 aromatic rings. The highest BCUT2D eigenvalue weighted by molar-refractivity contribution is 7.10. The average molecular weight is 1240 g/mol. The number of carbonyl (C=O) groups excluding carboxylic acids is 4. The van der Waals surface area contributed by atoms with Crippen LogP contribution in [0.2, 0.25) is 5.02 Å². The van der Waals surface area contributed by atoms with Crippen LogP contribution in [0.15, 0.2) is 66.0 Å². The Morgan fingerprint density at radius 3 is 2.17 bits per heavy atom. The number of hydrogen-bond donors (Lipinski definition) is 3. The maximum Gasteiger partial charge on any atom is 0.227 e. The lowest BCUT2D eigenvalue weighted by Gasteiger charge is -2.35. The maximum atomic E-state index is 16.5. The number of piperazine rings is 1. The van der Waals surface area contributed by atoms with Gasteiger partial charge in [0.15, 0.2) is 5.82 Å². The molecule has 2 aromatic heterocycles. The number of anilines is 2. The van der Waals surface area contributed by atoms with Gasteiger partial charge in [0.1, 0.15) is 46.0 Å². The Morgan fingerprint density at radius 2 is 1.48 bits per heavy atom. The molecule has 2 aliphatic heterocycles. The molecule has 1 aliphatic carbocycles. The second kappa shape index (κ2) is 31.5. The molecule has 2 saturated heterocycles. The number of likely N-dealkylation sites (N-methyl/N-ethyl adjacent to an activating group) is 2. The van der Waals surface area contributed by atoms with Gasteiger partial charge in [-0.3, -0.25) is 19.2 Å². The summed E-state index contributed by atoms with van der Waals surface area (Å²) in [6.45, 7) is 9.36. The highest BCUT2D eigenvalue weighted by Gasteiger charge is 2.40. The van der Waals surface area contributed by atoms with Gasteiger partial charge in [-0.1, -0.05) is 61.2 Å². The van der Waals surface area contributed by atoms with Crippen LogP contribution >= 0.6 is 22.9 Å². The molecule has 3 aliphatic rings. The maximum absolute atomic E-state index is 16.5. The van der Waals surface area contributed by atoms with Crippen molar-refractivity contribution in [3.8, 4) is 33.9 Å². The Morgan fingerprint density at radius 1 is 0.793 bits per heavy atom. The fourth-order valence-corrected chi connectivity index (χ4v) is 13.0. The predicted octanol–water partition coefficient (Wildman–Crippen LogP) is 9.71. The topological polar surface area (TPSA) is 210 Å². The third-order valence-corrected chi connectivity index (χ3v) is 18.0. The van der Waals surface area contributed by atoms with E-state index in [1.54, 1.807) is 35.2 Å². The number of likely N-dealkylation sites (tertiary alicyclic amines) is 1. The Kier molecular flexibility index (Phi) is 23.5. The first-order valence-electron chi connectivity index (χ1n) is 30.3. The van der Waals surface area contributed by atoms with Crippen molar-refractivity contribution in [2.75, 3.05) is 130 Å². The Bertz CT molecular complexity index is 3310. The molecule has 468 valence electrons. The van der Waals surface area contributed by atoms with E-state index in [0.29, 0.717) is 97.9 Å². The number of amides is 3. The van der Waals surface area contributed by atoms with Gasteiger partial charge in [-0.2, -0.15) is 4.98 Å². The average Bonchev–Trinajstić information content (AvgIpc) is 3.34. The Hall–Kier alpha value is -6.66. The van der Waals surface area contributed by atoms with Gasteiger partial charge in [-0.15, -0.1) is 11.3 Å². The molecule has 87 heavy (non-hydrogen) atoms. The molecular weight excluding hydrogens is 1160 g/mol. The number of ether oxygens (including phenoxy) is 5. The van der Waals surface area contributed by atoms with Crippen LogP contribution in [-0.2, 0) is 38.1 Å². The number of benzene rings is 4. The van der Waals surface area contributed by atoms with E-state index >= 15 is 8.78 Å². The molecule has 3 atom stereocenters. The van der Waals surface area contributed by atoms with Gasteiger partial charge in [0.25, 0.3) is 0 Å². The number of nitrogens with one attached hydrogen (secondary N) is 2. The number of hydrogen-bond acceptors (Lipinski definition) is 17. The van der Waals surface area contributed by atoms with E-state index in [1.807, 2.05) is 47.1 Å². The first-order valence-corrected chi connectivity index (χ1v) is 31.6. The monoisotopic (exact) mass is 1240 g/mol. The van der Waals surface area contributed by atoms with Crippen molar-refractivity contribution in [3.63, 3.8) is 0 Å². The number of phenols is 1. The van der Waals surface area contributed by atoms with E-state index in [1.165, 1.54) is 31.5 Å². The summed E-state index contributed by atoms with van der Waals surface area (Å²) in [5, 5.41) is 21.8. The molecule has 3 fully saturated rings. The smallest absolute Gasteiger partial charge is 0.227 e. The number of phenolic OH excluding ortho intramolecular Hbond substituents is 1. The van der Waals surface area contributed by atoms with E-state index < -0.39 is 22.9 Å².